The number of aliphatic hydroxyl groups is 1. The van der Waals surface area contributed by atoms with E-state index >= 15 is 0 Å². The van der Waals surface area contributed by atoms with Gasteiger partial charge in [0, 0.05) is 18.7 Å². The van der Waals surface area contributed by atoms with Gasteiger partial charge < -0.3 is 15.2 Å². The zero-order chi connectivity index (χ0) is 8.81. The standard InChI is InChI=1S/C9H19NO2/c1-2-8(6-11)10-9-4-3-5-12-7-9/h8-11H,2-7H2,1H3/t8-,9?/m0/s1. The molecule has 0 aromatic rings. The van der Waals surface area contributed by atoms with Crippen molar-refractivity contribution >= 4 is 0 Å². The Morgan fingerprint density at radius 2 is 2.50 bits per heavy atom. The van der Waals surface area contributed by atoms with Gasteiger partial charge in [-0.15, -0.1) is 0 Å². The largest absolute Gasteiger partial charge is 0.395 e. The number of hydrogen-bond acceptors (Lipinski definition) is 3. The first kappa shape index (κ1) is 9.96. The molecule has 3 heteroatoms. The van der Waals surface area contributed by atoms with Gasteiger partial charge in [0.2, 0.25) is 0 Å². The summed E-state index contributed by atoms with van der Waals surface area (Å²) < 4.78 is 5.33. The van der Waals surface area contributed by atoms with Gasteiger partial charge in [-0.1, -0.05) is 6.92 Å². The van der Waals surface area contributed by atoms with Crippen molar-refractivity contribution in [2.24, 2.45) is 0 Å². The molecule has 0 spiro atoms. The van der Waals surface area contributed by atoms with Crippen LogP contribution in [0.3, 0.4) is 0 Å². The summed E-state index contributed by atoms with van der Waals surface area (Å²) in [6, 6.07) is 0.701. The first-order chi connectivity index (χ1) is 5.86. The lowest BCUT2D eigenvalue weighted by Gasteiger charge is -2.27. The van der Waals surface area contributed by atoms with Crippen molar-refractivity contribution in [3.63, 3.8) is 0 Å². The monoisotopic (exact) mass is 173 g/mol. The Hall–Kier alpha value is -0.120. The predicted octanol–water partition coefficient (Wildman–Crippen LogP) is 0.526. The average molecular weight is 173 g/mol. The van der Waals surface area contributed by atoms with Crippen LogP contribution >= 0.6 is 0 Å². The van der Waals surface area contributed by atoms with Crippen molar-refractivity contribution in [1.29, 1.82) is 0 Å². The normalized spacial score (nSPS) is 27.0. The highest BCUT2D eigenvalue weighted by molar-refractivity contribution is 4.74. The minimum atomic E-state index is 0.229. The van der Waals surface area contributed by atoms with E-state index in [1.807, 2.05) is 0 Å². The van der Waals surface area contributed by atoms with Crippen LogP contribution in [-0.2, 0) is 4.74 Å². The van der Waals surface area contributed by atoms with E-state index in [0.29, 0.717) is 6.04 Å². The first-order valence-electron chi connectivity index (χ1n) is 4.81. The van der Waals surface area contributed by atoms with E-state index < -0.39 is 0 Å². The molecule has 0 saturated carbocycles. The Kier molecular flexibility index (Phi) is 4.58. The van der Waals surface area contributed by atoms with Crippen LogP contribution in [0.2, 0.25) is 0 Å². The third-order valence-electron chi connectivity index (χ3n) is 2.34. The van der Waals surface area contributed by atoms with E-state index in [1.165, 1.54) is 6.42 Å². The SMILES string of the molecule is CC[C@@H](CO)NC1CCCOC1. The van der Waals surface area contributed by atoms with Crippen LogP contribution in [-0.4, -0.2) is 37.0 Å². The van der Waals surface area contributed by atoms with Crippen molar-refractivity contribution < 1.29 is 9.84 Å². The van der Waals surface area contributed by atoms with Gasteiger partial charge in [0.25, 0.3) is 0 Å². The molecule has 1 unspecified atom stereocenters. The van der Waals surface area contributed by atoms with E-state index in [2.05, 4.69) is 12.2 Å². The molecule has 72 valence electrons. The zero-order valence-corrected chi connectivity index (χ0v) is 7.75. The molecule has 0 aromatic heterocycles. The number of hydrogen-bond donors (Lipinski definition) is 2. The lowest BCUT2D eigenvalue weighted by Crippen LogP contribution is -2.44. The van der Waals surface area contributed by atoms with E-state index in [-0.39, 0.29) is 12.6 Å². The molecule has 0 amide bonds. The lowest BCUT2D eigenvalue weighted by molar-refractivity contribution is 0.0621. The molecule has 1 aliphatic heterocycles. The summed E-state index contributed by atoms with van der Waals surface area (Å²) in [6.45, 7) is 4.01. The molecule has 12 heavy (non-hydrogen) atoms. The smallest absolute Gasteiger partial charge is 0.0619 e. The molecule has 0 aromatic carbocycles. The van der Waals surface area contributed by atoms with Gasteiger partial charge in [-0.25, -0.2) is 0 Å². The molecule has 0 bridgehead atoms. The fourth-order valence-corrected chi connectivity index (χ4v) is 1.51. The maximum absolute atomic E-state index is 8.95. The van der Waals surface area contributed by atoms with Crippen LogP contribution < -0.4 is 5.32 Å². The van der Waals surface area contributed by atoms with E-state index in [4.69, 9.17) is 9.84 Å². The number of ether oxygens (including phenoxy) is 1. The van der Waals surface area contributed by atoms with E-state index in [0.717, 1.165) is 26.1 Å². The number of aliphatic hydroxyl groups excluding tert-OH is 1. The number of nitrogens with one attached hydrogen (secondary N) is 1. The molecule has 0 radical (unpaired) electrons. The Morgan fingerprint density at radius 3 is 3.00 bits per heavy atom. The van der Waals surface area contributed by atoms with Gasteiger partial charge in [0.15, 0.2) is 0 Å². The molecule has 1 aliphatic rings. The van der Waals surface area contributed by atoms with Crippen LogP contribution in [0, 0.1) is 0 Å². The summed E-state index contributed by atoms with van der Waals surface area (Å²) in [6.07, 6.45) is 3.29. The average Bonchev–Trinajstić information content (AvgIpc) is 2.16. The quantitative estimate of drug-likeness (QED) is 0.651. The van der Waals surface area contributed by atoms with Crippen LogP contribution in [0.4, 0.5) is 0 Å². The molecule has 0 aliphatic carbocycles. The summed E-state index contributed by atoms with van der Waals surface area (Å²) in [5.41, 5.74) is 0. The minimum Gasteiger partial charge on any atom is -0.395 e. The van der Waals surface area contributed by atoms with Crippen molar-refractivity contribution in [1.82, 2.24) is 5.32 Å². The van der Waals surface area contributed by atoms with Gasteiger partial charge in [0.05, 0.1) is 13.2 Å². The first-order valence-corrected chi connectivity index (χ1v) is 4.81. The summed E-state index contributed by atoms with van der Waals surface area (Å²) in [5, 5.41) is 12.3. The van der Waals surface area contributed by atoms with Gasteiger partial charge in [-0.05, 0) is 19.3 Å². The van der Waals surface area contributed by atoms with E-state index in [1.54, 1.807) is 0 Å². The Bertz CT molecular complexity index is 109. The predicted molar refractivity (Wildman–Crippen MR) is 48.1 cm³/mol. The highest BCUT2D eigenvalue weighted by Gasteiger charge is 2.16. The van der Waals surface area contributed by atoms with Crippen LogP contribution in [0.15, 0.2) is 0 Å². The second-order valence-corrected chi connectivity index (χ2v) is 3.37. The molecule has 3 nitrogen and oxygen atoms in total. The van der Waals surface area contributed by atoms with Crippen molar-refractivity contribution in [2.45, 2.75) is 38.3 Å². The molecule has 2 atom stereocenters. The summed E-state index contributed by atoms with van der Waals surface area (Å²) >= 11 is 0. The maximum atomic E-state index is 8.95. The highest BCUT2D eigenvalue weighted by Crippen LogP contribution is 2.07. The molecule has 1 heterocycles. The molecule has 2 N–H and O–H groups in total. The topological polar surface area (TPSA) is 41.5 Å². The van der Waals surface area contributed by atoms with Gasteiger partial charge in [-0.2, -0.15) is 0 Å². The third-order valence-corrected chi connectivity index (χ3v) is 2.34. The maximum Gasteiger partial charge on any atom is 0.0619 e. The second kappa shape index (κ2) is 5.51. The Morgan fingerprint density at radius 1 is 1.67 bits per heavy atom. The third kappa shape index (κ3) is 3.09. The van der Waals surface area contributed by atoms with Crippen molar-refractivity contribution in [2.75, 3.05) is 19.8 Å². The Labute approximate surface area is 74.1 Å². The molecule has 1 rings (SSSR count). The van der Waals surface area contributed by atoms with Crippen LogP contribution in [0.25, 0.3) is 0 Å². The second-order valence-electron chi connectivity index (χ2n) is 3.37. The minimum absolute atomic E-state index is 0.229. The van der Waals surface area contributed by atoms with Crippen LogP contribution in [0.5, 0.6) is 0 Å². The Balaban J connectivity index is 2.18. The van der Waals surface area contributed by atoms with E-state index in [9.17, 15) is 0 Å². The van der Waals surface area contributed by atoms with Crippen LogP contribution in [0.1, 0.15) is 26.2 Å². The fraction of sp³-hybridized carbons (Fsp3) is 1.00. The lowest BCUT2D eigenvalue weighted by atomic mass is 10.1. The zero-order valence-electron chi connectivity index (χ0n) is 7.75. The molecule has 1 fully saturated rings. The van der Waals surface area contributed by atoms with Gasteiger partial charge >= 0.3 is 0 Å². The highest BCUT2D eigenvalue weighted by atomic mass is 16.5. The summed E-state index contributed by atoms with van der Waals surface area (Å²) in [7, 11) is 0. The molecular weight excluding hydrogens is 154 g/mol. The van der Waals surface area contributed by atoms with Crippen molar-refractivity contribution in [3.05, 3.63) is 0 Å². The van der Waals surface area contributed by atoms with Gasteiger partial charge in [0.1, 0.15) is 0 Å². The summed E-state index contributed by atoms with van der Waals surface area (Å²) in [5.74, 6) is 0. The number of rotatable bonds is 4. The van der Waals surface area contributed by atoms with Gasteiger partial charge in [-0.3, -0.25) is 0 Å². The van der Waals surface area contributed by atoms with Crippen molar-refractivity contribution in [3.8, 4) is 0 Å². The summed E-state index contributed by atoms with van der Waals surface area (Å²) in [4.78, 5) is 0. The molecule has 1 saturated heterocycles. The fourth-order valence-electron chi connectivity index (χ4n) is 1.51. The molecular formula is C9H19NO2.